The molecular formula is C20H15FN4O2S. The van der Waals surface area contributed by atoms with Crippen LogP contribution in [0.25, 0.3) is 21.5 Å². The van der Waals surface area contributed by atoms with E-state index >= 15 is 0 Å². The molecule has 0 unspecified atom stereocenters. The van der Waals surface area contributed by atoms with Crippen LogP contribution < -0.4 is 10.9 Å². The molecule has 0 fully saturated rings. The maximum absolute atomic E-state index is 13.0. The molecule has 0 aliphatic carbocycles. The van der Waals surface area contributed by atoms with Gasteiger partial charge in [0.05, 0.1) is 22.2 Å². The van der Waals surface area contributed by atoms with Gasteiger partial charge in [-0.2, -0.15) is 0 Å². The Hall–Kier alpha value is -3.39. The smallest absolute Gasteiger partial charge is 0.280 e. The highest BCUT2D eigenvalue weighted by Crippen LogP contribution is 2.21. The van der Waals surface area contributed by atoms with Gasteiger partial charge in [-0.15, -0.1) is 11.3 Å². The molecule has 0 bridgehead atoms. The summed E-state index contributed by atoms with van der Waals surface area (Å²) in [6.07, 6.45) is 1.42. The number of carbonyl (C=O) groups is 1. The van der Waals surface area contributed by atoms with Crippen molar-refractivity contribution in [1.82, 2.24) is 19.9 Å². The van der Waals surface area contributed by atoms with Gasteiger partial charge < -0.3 is 5.32 Å². The Kier molecular flexibility index (Phi) is 4.94. The Morgan fingerprint density at radius 1 is 1.14 bits per heavy atom. The molecule has 2 aromatic heterocycles. The third-order valence-electron chi connectivity index (χ3n) is 4.15. The first-order valence-electron chi connectivity index (χ1n) is 8.56. The molecule has 0 aliphatic heterocycles. The SMILES string of the molecule is O=C(NCCn1cnc(-c2ccc(F)cc2)cc1=O)c1nc2ccccc2s1. The average Bonchev–Trinajstić information content (AvgIpc) is 3.14. The molecule has 0 aliphatic rings. The lowest BCUT2D eigenvalue weighted by molar-refractivity contribution is 0.0952. The summed E-state index contributed by atoms with van der Waals surface area (Å²) >= 11 is 1.32. The van der Waals surface area contributed by atoms with Crippen molar-refractivity contribution in [2.24, 2.45) is 0 Å². The van der Waals surface area contributed by atoms with Crippen molar-refractivity contribution in [2.75, 3.05) is 6.54 Å². The molecule has 2 aromatic carbocycles. The maximum atomic E-state index is 13.0. The van der Waals surface area contributed by atoms with E-state index in [2.05, 4.69) is 15.3 Å². The molecule has 0 saturated carbocycles. The minimum atomic E-state index is -0.346. The van der Waals surface area contributed by atoms with Crippen molar-refractivity contribution in [3.63, 3.8) is 0 Å². The average molecular weight is 394 g/mol. The molecule has 6 nitrogen and oxygen atoms in total. The van der Waals surface area contributed by atoms with Crippen molar-refractivity contribution in [2.45, 2.75) is 6.54 Å². The molecule has 0 saturated heterocycles. The molecule has 0 atom stereocenters. The first-order chi connectivity index (χ1) is 13.6. The summed E-state index contributed by atoms with van der Waals surface area (Å²) in [5, 5.41) is 3.16. The summed E-state index contributed by atoms with van der Waals surface area (Å²) in [5.41, 5.74) is 1.67. The number of hydrogen-bond donors (Lipinski definition) is 1. The van der Waals surface area contributed by atoms with E-state index in [4.69, 9.17) is 0 Å². The zero-order valence-corrected chi connectivity index (χ0v) is 15.4. The summed E-state index contributed by atoms with van der Waals surface area (Å²) in [6, 6.07) is 14.7. The van der Waals surface area contributed by atoms with Crippen LogP contribution in [0.15, 0.2) is 65.7 Å². The molecular weight excluding hydrogens is 379 g/mol. The second-order valence-corrected chi connectivity index (χ2v) is 7.09. The number of para-hydroxylation sites is 1. The fraction of sp³-hybridized carbons (Fsp3) is 0.100. The summed E-state index contributed by atoms with van der Waals surface area (Å²) in [7, 11) is 0. The van der Waals surface area contributed by atoms with Crippen molar-refractivity contribution >= 4 is 27.5 Å². The van der Waals surface area contributed by atoms with E-state index in [1.807, 2.05) is 24.3 Å². The molecule has 1 amide bonds. The van der Waals surface area contributed by atoms with Crippen LogP contribution in [0.4, 0.5) is 4.39 Å². The van der Waals surface area contributed by atoms with Gasteiger partial charge in [0.1, 0.15) is 5.82 Å². The highest BCUT2D eigenvalue weighted by molar-refractivity contribution is 7.20. The lowest BCUT2D eigenvalue weighted by Gasteiger charge is -2.07. The van der Waals surface area contributed by atoms with Crippen LogP contribution in [0.5, 0.6) is 0 Å². The zero-order valence-electron chi connectivity index (χ0n) is 14.6. The fourth-order valence-electron chi connectivity index (χ4n) is 2.71. The van der Waals surface area contributed by atoms with Gasteiger partial charge in [-0.3, -0.25) is 14.2 Å². The number of hydrogen-bond acceptors (Lipinski definition) is 5. The number of benzene rings is 2. The number of nitrogens with one attached hydrogen (secondary N) is 1. The van der Waals surface area contributed by atoms with Crippen LogP contribution in [0, 0.1) is 5.82 Å². The van der Waals surface area contributed by atoms with Crippen molar-refractivity contribution < 1.29 is 9.18 Å². The largest absolute Gasteiger partial charge is 0.348 e. The number of rotatable bonds is 5. The normalized spacial score (nSPS) is 10.9. The van der Waals surface area contributed by atoms with Gasteiger partial charge in [0.25, 0.3) is 11.5 Å². The molecule has 4 rings (SSSR count). The van der Waals surface area contributed by atoms with Crippen LogP contribution >= 0.6 is 11.3 Å². The minimum absolute atomic E-state index is 0.247. The first-order valence-corrected chi connectivity index (χ1v) is 9.38. The molecule has 8 heteroatoms. The molecule has 28 heavy (non-hydrogen) atoms. The number of nitrogens with zero attached hydrogens (tertiary/aromatic N) is 3. The van der Waals surface area contributed by atoms with E-state index in [-0.39, 0.29) is 30.4 Å². The maximum Gasteiger partial charge on any atom is 0.280 e. The van der Waals surface area contributed by atoms with E-state index in [0.29, 0.717) is 16.3 Å². The predicted octanol–water partition coefficient (Wildman–Crippen LogP) is 3.09. The zero-order chi connectivity index (χ0) is 19.5. The van der Waals surface area contributed by atoms with Gasteiger partial charge in [-0.1, -0.05) is 12.1 Å². The van der Waals surface area contributed by atoms with E-state index < -0.39 is 0 Å². The lowest BCUT2D eigenvalue weighted by Crippen LogP contribution is -2.30. The highest BCUT2D eigenvalue weighted by atomic mass is 32.1. The summed E-state index contributed by atoms with van der Waals surface area (Å²) in [5.74, 6) is -0.619. The summed E-state index contributed by atoms with van der Waals surface area (Å²) in [6.45, 7) is 0.554. The molecule has 0 spiro atoms. The van der Waals surface area contributed by atoms with Crippen LogP contribution in [-0.4, -0.2) is 27.0 Å². The molecule has 1 N–H and O–H groups in total. The first kappa shape index (κ1) is 18.0. The minimum Gasteiger partial charge on any atom is -0.348 e. The third kappa shape index (κ3) is 3.81. The topological polar surface area (TPSA) is 76.9 Å². The molecule has 4 aromatic rings. The monoisotopic (exact) mass is 394 g/mol. The fourth-order valence-corrected chi connectivity index (χ4v) is 3.59. The Morgan fingerprint density at radius 3 is 2.68 bits per heavy atom. The Labute approximate surface area is 163 Å². The van der Waals surface area contributed by atoms with Crippen LogP contribution in [0.2, 0.25) is 0 Å². The Bertz CT molecular complexity index is 1170. The number of carbonyl (C=O) groups excluding carboxylic acids is 1. The standard InChI is InChI=1S/C20H15FN4O2S/c21-14-7-5-13(6-8-14)16-11-18(26)25(12-23-16)10-9-22-19(27)20-24-15-3-1-2-4-17(15)28-20/h1-8,11-12H,9-10H2,(H,22,27). The van der Waals surface area contributed by atoms with E-state index in [9.17, 15) is 14.0 Å². The second-order valence-electron chi connectivity index (χ2n) is 6.06. The van der Waals surface area contributed by atoms with Crippen LogP contribution in [0.1, 0.15) is 9.80 Å². The van der Waals surface area contributed by atoms with Gasteiger partial charge in [-0.25, -0.2) is 14.4 Å². The third-order valence-corrected chi connectivity index (χ3v) is 5.18. The Morgan fingerprint density at radius 2 is 1.93 bits per heavy atom. The van der Waals surface area contributed by atoms with E-state index in [1.165, 1.54) is 40.4 Å². The number of fused-ring (bicyclic) bond motifs is 1. The van der Waals surface area contributed by atoms with Crippen LogP contribution in [0.3, 0.4) is 0 Å². The number of thiazole rings is 1. The second kappa shape index (κ2) is 7.69. The highest BCUT2D eigenvalue weighted by Gasteiger charge is 2.11. The number of amides is 1. The lowest BCUT2D eigenvalue weighted by atomic mass is 10.1. The summed E-state index contributed by atoms with van der Waals surface area (Å²) < 4.78 is 15.4. The van der Waals surface area contributed by atoms with Crippen LogP contribution in [-0.2, 0) is 6.54 Å². The van der Waals surface area contributed by atoms with Gasteiger partial charge in [0.2, 0.25) is 0 Å². The van der Waals surface area contributed by atoms with Crippen molar-refractivity contribution in [3.8, 4) is 11.3 Å². The van der Waals surface area contributed by atoms with Gasteiger partial charge in [-0.05, 0) is 36.4 Å². The van der Waals surface area contributed by atoms with Crippen molar-refractivity contribution in [1.29, 1.82) is 0 Å². The van der Waals surface area contributed by atoms with E-state index in [0.717, 1.165) is 10.2 Å². The van der Waals surface area contributed by atoms with Gasteiger partial charge >= 0.3 is 0 Å². The number of aromatic nitrogens is 3. The Balaban J connectivity index is 1.40. The van der Waals surface area contributed by atoms with E-state index in [1.54, 1.807) is 12.1 Å². The predicted molar refractivity (Wildman–Crippen MR) is 106 cm³/mol. The summed E-state index contributed by atoms with van der Waals surface area (Å²) in [4.78, 5) is 33.1. The number of halogens is 1. The molecule has 2 heterocycles. The van der Waals surface area contributed by atoms with Crippen molar-refractivity contribution in [3.05, 3.63) is 82.1 Å². The molecule has 140 valence electrons. The van der Waals surface area contributed by atoms with Gasteiger partial charge in [0, 0.05) is 24.7 Å². The molecule has 0 radical (unpaired) electrons. The quantitative estimate of drug-likeness (QED) is 0.564. The van der Waals surface area contributed by atoms with Gasteiger partial charge in [0.15, 0.2) is 5.01 Å².